The Balaban J connectivity index is 1.78. The summed E-state index contributed by atoms with van der Waals surface area (Å²) in [5, 5.41) is 11.7. The zero-order chi connectivity index (χ0) is 22.0. The lowest BCUT2D eigenvalue weighted by Crippen LogP contribution is -2.68. The van der Waals surface area contributed by atoms with E-state index in [1.54, 1.807) is 6.07 Å². The first kappa shape index (κ1) is 20.7. The summed E-state index contributed by atoms with van der Waals surface area (Å²) in [6, 6.07) is 5.72. The number of ether oxygens (including phenoxy) is 1. The number of anilines is 1. The Labute approximate surface area is 183 Å². The molecule has 4 aliphatic rings. The summed E-state index contributed by atoms with van der Waals surface area (Å²) >= 11 is 0. The number of non-ortho nitro benzene ring substituents is 1. The van der Waals surface area contributed by atoms with Gasteiger partial charge in [0.25, 0.3) is 5.69 Å². The van der Waals surface area contributed by atoms with E-state index in [4.69, 9.17) is 4.74 Å². The Morgan fingerprint density at radius 3 is 2.77 bits per heavy atom. The van der Waals surface area contributed by atoms with Crippen molar-refractivity contribution in [2.45, 2.75) is 69.9 Å². The maximum absolute atomic E-state index is 13.2. The normalized spacial score (nSPS) is 36.0. The van der Waals surface area contributed by atoms with Gasteiger partial charge in [0.2, 0.25) is 0 Å². The summed E-state index contributed by atoms with van der Waals surface area (Å²) in [4.78, 5) is 29.7. The summed E-state index contributed by atoms with van der Waals surface area (Å²) in [6.07, 6.45) is 6.05. The van der Waals surface area contributed by atoms with Crippen LogP contribution in [0.4, 0.5) is 11.4 Å². The van der Waals surface area contributed by atoms with Crippen molar-refractivity contribution in [2.24, 2.45) is 11.3 Å². The van der Waals surface area contributed by atoms with Gasteiger partial charge in [0, 0.05) is 35.8 Å². The molecule has 168 valence electrons. The van der Waals surface area contributed by atoms with Crippen LogP contribution in [-0.2, 0) is 14.9 Å². The molecule has 1 saturated carbocycles. The third kappa shape index (κ3) is 2.58. The number of carbonyl (C=O) groups excluding carboxylic acids is 1. The minimum absolute atomic E-state index is 0.00433. The molecule has 0 radical (unpaired) electrons. The molecule has 7 heteroatoms. The predicted molar refractivity (Wildman–Crippen MR) is 118 cm³/mol. The van der Waals surface area contributed by atoms with Crippen LogP contribution >= 0.6 is 0 Å². The minimum Gasteiger partial charge on any atom is -0.469 e. The van der Waals surface area contributed by atoms with E-state index >= 15 is 0 Å². The molecule has 0 N–H and O–H groups in total. The minimum atomic E-state index is -0.282. The second kappa shape index (κ2) is 7.19. The standard InChI is InChI=1S/C24H33N3O4/c1-4-11-26-19-8-7-16(27(29)30)14-18(19)24-10-13-25-12-6-9-23(5-2,22(24)25)15-17(20(24)26)21(28)31-3/h7-8,14,17,20,22H,4-6,9-13,15H2,1-3H3/t17-,20-,22-,23-,24-/m0/s1. The lowest BCUT2D eigenvalue weighted by atomic mass is 9.49. The van der Waals surface area contributed by atoms with E-state index < -0.39 is 0 Å². The molecule has 1 aromatic rings. The van der Waals surface area contributed by atoms with Crippen molar-refractivity contribution in [3.8, 4) is 0 Å². The molecule has 5 atom stereocenters. The number of esters is 1. The largest absolute Gasteiger partial charge is 0.469 e. The number of nitro groups is 1. The molecule has 3 heterocycles. The summed E-state index contributed by atoms with van der Waals surface area (Å²) in [7, 11) is 1.50. The molecule has 31 heavy (non-hydrogen) atoms. The Bertz CT molecular complexity index is 920. The number of hydrogen-bond acceptors (Lipinski definition) is 6. The van der Waals surface area contributed by atoms with Crippen LogP contribution in [0.2, 0.25) is 0 Å². The number of methoxy groups -OCH3 is 1. The first-order chi connectivity index (χ1) is 14.9. The molecule has 2 saturated heterocycles. The third-order valence-corrected chi connectivity index (χ3v) is 8.91. The van der Waals surface area contributed by atoms with Crippen LogP contribution < -0.4 is 4.90 Å². The number of nitro benzene ring substituents is 1. The average molecular weight is 428 g/mol. The van der Waals surface area contributed by atoms with E-state index in [2.05, 4.69) is 23.6 Å². The fourth-order valence-corrected chi connectivity index (χ4v) is 8.02. The fourth-order valence-electron chi connectivity index (χ4n) is 8.02. The van der Waals surface area contributed by atoms with Gasteiger partial charge in [-0.3, -0.25) is 19.8 Å². The lowest BCUT2D eigenvalue weighted by Gasteiger charge is -2.60. The molecule has 0 amide bonds. The highest BCUT2D eigenvalue weighted by Gasteiger charge is 2.71. The van der Waals surface area contributed by atoms with Gasteiger partial charge in [-0.1, -0.05) is 13.8 Å². The molecule has 0 aromatic heterocycles. The Kier molecular flexibility index (Phi) is 4.81. The maximum Gasteiger partial charge on any atom is 0.310 e. The van der Waals surface area contributed by atoms with Gasteiger partial charge in [0.1, 0.15) is 0 Å². The van der Waals surface area contributed by atoms with Crippen molar-refractivity contribution in [2.75, 3.05) is 31.6 Å². The molecular weight excluding hydrogens is 394 g/mol. The fraction of sp³-hybridized carbons (Fsp3) is 0.708. The lowest BCUT2D eigenvalue weighted by molar-refractivity contribution is -0.384. The molecule has 1 aliphatic carbocycles. The highest BCUT2D eigenvalue weighted by atomic mass is 16.6. The summed E-state index contributed by atoms with van der Waals surface area (Å²) in [6.45, 7) is 7.35. The van der Waals surface area contributed by atoms with Crippen molar-refractivity contribution in [3.63, 3.8) is 0 Å². The third-order valence-electron chi connectivity index (χ3n) is 8.91. The molecule has 7 nitrogen and oxygen atoms in total. The highest BCUT2D eigenvalue weighted by molar-refractivity contribution is 5.79. The van der Waals surface area contributed by atoms with Gasteiger partial charge in [0.15, 0.2) is 0 Å². The smallest absolute Gasteiger partial charge is 0.310 e. The van der Waals surface area contributed by atoms with Gasteiger partial charge in [-0.15, -0.1) is 0 Å². The van der Waals surface area contributed by atoms with Crippen molar-refractivity contribution < 1.29 is 14.5 Å². The first-order valence-corrected chi connectivity index (χ1v) is 11.8. The Hall–Kier alpha value is -2.15. The van der Waals surface area contributed by atoms with Crippen LogP contribution in [0.3, 0.4) is 0 Å². The van der Waals surface area contributed by atoms with Gasteiger partial charge >= 0.3 is 5.97 Å². The second-order valence-electron chi connectivity index (χ2n) is 9.98. The van der Waals surface area contributed by atoms with Crippen molar-refractivity contribution in [1.82, 2.24) is 4.90 Å². The number of rotatable bonds is 5. The van der Waals surface area contributed by atoms with Crippen LogP contribution in [-0.4, -0.2) is 54.6 Å². The van der Waals surface area contributed by atoms with Crippen LogP contribution in [0.25, 0.3) is 0 Å². The zero-order valence-corrected chi connectivity index (χ0v) is 18.8. The van der Waals surface area contributed by atoms with E-state index in [-0.39, 0.29) is 39.4 Å². The summed E-state index contributed by atoms with van der Waals surface area (Å²) in [5.74, 6) is -0.333. The topological polar surface area (TPSA) is 75.9 Å². The van der Waals surface area contributed by atoms with Crippen LogP contribution in [0.15, 0.2) is 18.2 Å². The van der Waals surface area contributed by atoms with E-state index in [0.717, 1.165) is 69.4 Å². The van der Waals surface area contributed by atoms with Crippen molar-refractivity contribution in [1.29, 1.82) is 0 Å². The summed E-state index contributed by atoms with van der Waals surface area (Å²) in [5.41, 5.74) is 2.13. The van der Waals surface area contributed by atoms with E-state index in [9.17, 15) is 14.9 Å². The van der Waals surface area contributed by atoms with Gasteiger partial charge in [-0.05, 0) is 68.7 Å². The first-order valence-electron chi connectivity index (χ1n) is 11.8. The molecule has 0 bridgehead atoms. The summed E-state index contributed by atoms with van der Waals surface area (Å²) < 4.78 is 5.37. The maximum atomic E-state index is 13.2. The Morgan fingerprint density at radius 2 is 2.10 bits per heavy atom. The van der Waals surface area contributed by atoms with Crippen LogP contribution in [0, 0.1) is 21.4 Å². The van der Waals surface area contributed by atoms with E-state index in [0.29, 0.717) is 6.04 Å². The molecule has 3 aliphatic heterocycles. The van der Waals surface area contributed by atoms with Gasteiger partial charge in [-0.2, -0.15) is 0 Å². The van der Waals surface area contributed by atoms with Gasteiger partial charge < -0.3 is 9.64 Å². The van der Waals surface area contributed by atoms with Crippen molar-refractivity contribution in [3.05, 3.63) is 33.9 Å². The SMILES string of the molecule is CCCN1c2ccc([N+](=O)[O-])cc2[C@@]23CCN4CCC[C@@](CC)(C[C@H](C(=O)OC)[C@H]12)[C@H]43. The van der Waals surface area contributed by atoms with E-state index in [1.165, 1.54) is 7.11 Å². The van der Waals surface area contributed by atoms with Crippen LogP contribution in [0.5, 0.6) is 0 Å². The number of hydrogen-bond donors (Lipinski definition) is 0. The van der Waals surface area contributed by atoms with E-state index in [1.807, 2.05) is 12.1 Å². The number of carbonyl (C=O) groups is 1. The molecule has 1 aromatic carbocycles. The Morgan fingerprint density at radius 1 is 1.29 bits per heavy atom. The number of benzene rings is 1. The average Bonchev–Trinajstić information content (AvgIpc) is 3.31. The molecular formula is C24H33N3O4. The van der Waals surface area contributed by atoms with Crippen molar-refractivity contribution >= 4 is 17.3 Å². The quantitative estimate of drug-likeness (QED) is 0.403. The van der Waals surface area contributed by atoms with Crippen LogP contribution in [0.1, 0.15) is 57.9 Å². The molecule has 1 spiro atoms. The molecule has 0 unspecified atom stereocenters. The molecule has 5 rings (SSSR count). The van der Waals surface area contributed by atoms with Gasteiger partial charge in [0.05, 0.1) is 24.0 Å². The molecule has 3 fully saturated rings. The number of piperidine rings is 1. The highest BCUT2D eigenvalue weighted by Crippen LogP contribution is 2.67. The number of nitrogens with zero attached hydrogens (tertiary/aromatic N) is 3. The number of fused-ring (bicyclic) bond motifs is 1. The monoisotopic (exact) mass is 427 g/mol. The second-order valence-corrected chi connectivity index (χ2v) is 9.98. The van der Waals surface area contributed by atoms with Gasteiger partial charge in [-0.25, -0.2) is 0 Å². The zero-order valence-electron chi connectivity index (χ0n) is 18.8. The predicted octanol–water partition coefficient (Wildman–Crippen LogP) is 3.89.